The lowest BCUT2D eigenvalue weighted by atomic mass is 9.94. The van der Waals surface area contributed by atoms with E-state index in [0.29, 0.717) is 0 Å². The van der Waals surface area contributed by atoms with Crippen LogP contribution in [0.4, 0.5) is 0 Å². The van der Waals surface area contributed by atoms with Crippen molar-refractivity contribution in [2.24, 2.45) is 11.7 Å². The molecule has 2 aliphatic rings. The Morgan fingerprint density at radius 2 is 1.88 bits per heavy atom. The Morgan fingerprint density at radius 3 is 2.53 bits per heavy atom. The maximum atomic E-state index is 6.39. The molecule has 1 saturated heterocycles. The van der Waals surface area contributed by atoms with Crippen LogP contribution in [0.3, 0.4) is 0 Å². The molecule has 2 rings (SSSR count). The number of nitrogens with zero attached hydrogens (tertiary/aromatic N) is 1. The molecule has 0 bridgehead atoms. The van der Waals surface area contributed by atoms with Crippen LogP contribution >= 0.6 is 0 Å². The monoisotopic (exact) mass is 240 g/mol. The summed E-state index contributed by atoms with van der Waals surface area (Å²) in [6.07, 6.45) is 8.78. The molecule has 0 amide bonds. The third kappa shape index (κ3) is 4.23. The molecular weight excluding hydrogens is 212 g/mol. The fraction of sp³-hybridized carbons (Fsp3) is 1.00. The van der Waals surface area contributed by atoms with Crippen molar-refractivity contribution in [2.75, 3.05) is 33.4 Å². The third-order valence-corrected chi connectivity index (χ3v) is 4.50. The smallest absolute Gasteiger partial charge is 0.0469 e. The van der Waals surface area contributed by atoms with Crippen molar-refractivity contribution in [3.63, 3.8) is 0 Å². The van der Waals surface area contributed by atoms with Crippen LogP contribution in [-0.2, 0) is 4.74 Å². The van der Waals surface area contributed by atoms with E-state index in [1.807, 2.05) is 0 Å². The summed E-state index contributed by atoms with van der Waals surface area (Å²) in [7, 11) is 2.24. The van der Waals surface area contributed by atoms with E-state index in [-0.39, 0.29) is 5.54 Å². The minimum atomic E-state index is 0.157. The Bertz CT molecular complexity index is 220. The van der Waals surface area contributed by atoms with Gasteiger partial charge in [-0.15, -0.1) is 0 Å². The lowest BCUT2D eigenvalue weighted by Crippen LogP contribution is -2.41. The minimum Gasteiger partial charge on any atom is -0.381 e. The lowest BCUT2D eigenvalue weighted by Gasteiger charge is -2.30. The van der Waals surface area contributed by atoms with E-state index >= 15 is 0 Å². The second kappa shape index (κ2) is 6.17. The molecule has 0 aromatic carbocycles. The Hall–Kier alpha value is -0.120. The highest BCUT2D eigenvalue weighted by molar-refractivity contribution is 4.89. The number of hydrogen-bond acceptors (Lipinski definition) is 3. The summed E-state index contributed by atoms with van der Waals surface area (Å²) in [5.74, 6) is 0.839. The normalized spacial score (nSPS) is 25.6. The van der Waals surface area contributed by atoms with Gasteiger partial charge >= 0.3 is 0 Å². The van der Waals surface area contributed by atoms with Crippen LogP contribution in [0.25, 0.3) is 0 Å². The van der Waals surface area contributed by atoms with E-state index < -0.39 is 0 Å². The molecule has 1 saturated carbocycles. The zero-order valence-electron chi connectivity index (χ0n) is 11.3. The van der Waals surface area contributed by atoms with Gasteiger partial charge in [0.1, 0.15) is 0 Å². The molecule has 0 spiro atoms. The van der Waals surface area contributed by atoms with E-state index in [0.717, 1.165) is 25.7 Å². The van der Waals surface area contributed by atoms with Gasteiger partial charge in [0.25, 0.3) is 0 Å². The van der Waals surface area contributed by atoms with Gasteiger partial charge in [0, 0.05) is 25.3 Å². The second-order valence-corrected chi connectivity index (χ2v) is 6.14. The van der Waals surface area contributed by atoms with Crippen LogP contribution in [0.1, 0.15) is 44.9 Å². The molecule has 100 valence electrons. The molecule has 0 radical (unpaired) electrons. The van der Waals surface area contributed by atoms with Crippen LogP contribution < -0.4 is 5.73 Å². The average Bonchev–Trinajstić information content (AvgIpc) is 2.76. The molecule has 0 aromatic rings. The lowest BCUT2D eigenvalue weighted by molar-refractivity contribution is 0.0549. The summed E-state index contributed by atoms with van der Waals surface area (Å²) >= 11 is 0. The molecule has 3 heteroatoms. The van der Waals surface area contributed by atoms with Crippen LogP contribution in [0, 0.1) is 5.92 Å². The summed E-state index contributed by atoms with van der Waals surface area (Å²) in [6.45, 7) is 4.30. The predicted octanol–water partition coefficient (Wildman–Crippen LogP) is 2.01. The molecule has 1 aliphatic carbocycles. The van der Waals surface area contributed by atoms with Crippen LogP contribution in [0.5, 0.6) is 0 Å². The minimum absolute atomic E-state index is 0.157. The summed E-state index contributed by atoms with van der Waals surface area (Å²) < 4.78 is 5.40. The first-order chi connectivity index (χ1) is 8.18. The summed E-state index contributed by atoms with van der Waals surface area (Å²) in [5.41, 5.74) is 6.55. The Kier molecular flexibility index (Phi) is 4.83. The van der Waals surface area contributed by atoms with Gasteiger partial charge in [-0.1, -0.05) is 12.8 Å². The van der Waals surface area contributed by atoms with Gasteiger partial charge in [0.05, 0.1) is 0 Å². The zero-order valence-corrected chi connectivity index (χ0v) is 11.3. The number of rotatable bonds is 5. The van der Waals surface area contributed by atoms with Crippen molar-refractivity contribution >= 4 is 0 Å². The molecule has 0 atom stereocenters. The van der Waals surface area contributed by atoms with E-state index in [4.69, 9.17) is 10.5 Å². The first-order valence-corrected chi connectivity index (χ1v) is 7.23. The SMILES string of the molecule is CN(CCC1(N)CCCC1)CC1CCOCC1. The Balaban J connectivity index is 1.64. The van der Waals surface area contributed by atoms with Crippen molar-refractivity contribution in [3.05, 3.63) is 0 Å². The molecule has 17 heavy (non-hydrogen) atoms. The second-order valence-electron chi connectivity index (χ2n) is 6.14. The fourth-order valence-electron chi connectivity index (χ4n) is 3.20. The van der Waals surface area contributed by atoms with Gasteiger partial charge in [0.2, 0.25) is 0 Å². The average molecular weight is 240 g/mol. The van der Waals surface area contributed by atoms with Gasteiger partial charge in [-0.05, 0) is 51.6 Å². The number of nitrogens with two attached hydrogens (primary N) is 1. The van der Waals surface area contributed by atoms with E-state index in [2.05, 4.69) is 11.9 Å². The fourth-order valence-corrected chi connectivity index (χ4v) is 3.20. The molecule has 1 aliphatic heterocycles. The third-order valence-electron chi connectivity index (χ3n) is 4.50. The first kappa shape index (κ1) is 13.3. The number of ether oxygens (including phenoxy) is 1. The summed E-state index contributed by atoms with van der Waals surface area (Å²) in [6, 6.07) is 0. The quantitative estimate of drug-likeness (QED) is 0.799. The highest BCUT2D eigenvalue weighted by atomic mass is 16.5. The standard InChI is InChI=1S/C14H28N2O/c1-16(12-13-4-10-17-11-5-13)9-8-14(15)6-2-3-7-14/h13H,2-12,15H2,1H3. The molecule has 2 N–H and O–H groups in total. The predicted molar refractivity (Wildman–Crippen MR) is 71.0 cm³/mol. The Morgan fingerprint density at radius 1 is 1.24 bits per heavy atom. The van der Waals surface area contributed by atoms with Crippen molar-refractivity contribution in [1.29, 1.82) is 0 Å². The summed E-state index contributed by atoms with van der Waals surface area (Å²) in [4.78, 5) is 2.48. The molecular formula is C14H28N2O. The molecule has 0 aromatic heterocycles. The largest absolute Gasteiger partial charge is 0.381 e. The van der Waals surface area contributed by atoms with E-state index in [1.165, 1.54) is 51.5 Å². The van der Waals surface area contributed by atoms with Gasteiger partial charge < -0.3 is 15.4 Å². The molecule has 0 unspecified atom stereocenters. The maximum Gasteiger partial charge on any atom is 0.0469 e. The van der Waals surface area contributed by atoms with Crippen LogP contribution in [-0.4, -0.2) is 43.8 Å². The Labute approximate surface area is 106 Å². The molecule has 3 nitrogen and oxygen atoms in total. The van der Waals surface area contributed by atoms with Gasteiger partial charge in [-0.25, -0.2) is 0 Å². The zero-order chi connectivity index (χ0) is 12.1. The van der Waals surface area contributed by atoms with Gasteiger partial charge in [-0.2, -0.15) is 0 Å². The maximum absolute atomic E-state index is 6.39. The molecule has 1 heterocycles. The van der Waals surface area contributed by atoms with Crippen LogP contribution in [0.15, 0.2) is 0 Å². The topological polar surface area (TPSA) is 38.5 Å². The van der Waals surface area contributed by atoms with E-state index in [9.17, 15) is 0 Å². The van der Waals surface area contributed by atoms with Gasteiger partial charge in [0.15, 0.2) is 0 Å². The highest BCUT2D eigenvalue weighted by Gasteiger charge is 2.29. The van der Waals surface area contributed by atoms with Crippen molar-refractivity contribution < 1.29 is 4.74 Å². The van der Waals surface area contributed by atoms with Crippen molar-refractivity contribution in [2.45, 2.75) is 50.5 Å². The van der Waals surface area contributed by atoms with Crippen molar-refractivity contribution in [1.82, 2.24) is 4.90 Å². The molecule has 2 fully saturated rings. The van der Waals surface area contributed by atoms with Gasteiger partial charge in [-0.3, -0.25) is 0 Å². The first-order valence-electron chi connectivity index (χ1n) is 7.23. The summed E-state index contributed by atoms with van der Waals surface area (Å²) in [5, 5.41) is 0. The highest BCUT2D eigenvalue weighted by Crippen LogP contribution is 2.30. The van der Waals surface area contributed by atoms with Crippen molar-refractivity contribution in [3.8, 4) is 0 Å². The van der Waals surface area contributed by atoms with E-state index in [1.54, 1.807) is 0 Å². The number of hydrogen-bond donors (Lipinski definition) is 1. The van der Waals surface area contributed by atoms with Crippen LogP contribution in [0.2, 0.25) is 0 Å².